The molecule has 0 aliphatic heterocycles. The van der Waals surface area contributed by atoms with Crippen LogP contribution in [0, 0.1) is 0 Å². The zero-order valence-electron chi connectivity index (χ0n) is 8.96. The van der Waals surface area contributed by atoms with E-state index in [-0.39, 0.29) is 5.41 Å². The maximum Gasteiger partial charge on any atom is -0.0126 e. The lowest BCUT2D eigenvalue weighted by molar-refractivity contribution is 0.589. The van der Waals surface area contributed by atoms with Crippen molar-refractivity contribution < 1.29 is 0 Å². The predicted octanol–water partition coefficient (Wildman–Crippen LogP) is 4.02. The molecule has 0 aliphatic carbocycles. The average molecular weight is 174 g/mol. The summed E-state index contributed by atoms with van der Waals surface area (Å²) in [4.78, 5) is 0. The Balaban J connectivity index is 3.20. The molecule has 0 fully saturated rings. The molecule has 0 N–H and O–H groups in total. The third-order valence-electron chi connectivity index (χ3n) is 2.12. The van der Waals surface area contributed by atoms with E-state index in [4.69, 9.17) is 0 Å². The van der Waals surface area contributed by atoms with Crippen LogP contribution in [0.4, 0.5) is 0 Å². The standard InChI is InChI=1S/C13H18/c1-5-8-11-9-6-7-10-12(11)13(2,3)4/h5-10H,1-4H3. The smallest absolute Gasteiger partial charge is 0.0126 e. The van der Waals surface area contributed by atoms with Crippen LogP contribution in [0.25, 0.3) is 6.08 Å². The van der Waals surface area contributed by atoms with Crippen LogP contribution >= 0.6 is 0 Å². The fourth-order valence-corrected chi connectivity index (χ4v) is 1.50. The summed E-state index contributed by atoms with van der Waals surface area (Å²) in [5, 5.41) is 0. The van der Waals surface area contributed by atoms with E-state index < -0.39 is 0 Å². The van der Waals surface area contributed by atoms with Gasteiger partial charge < -0.3 is 0 Å². The van der Waals surface area contributed by atoms with E-state index >= 15 is 0 Å². The molecule has 0 amide bonds. The van der Waals surface area contributed by atoms with Gasteiger partial charge in [0.1, 0.15) is 0 Å². The number of rotatable bonds is 1. The van der Waals surface area contributed by atoms with Gasteiger partial charge in [0.05, 0.1) is 0 Å². The van der Waals surface area contributed by atoms with Gasteiger partial charge in [0.25, 0.3) is 0 Å². The van der Waals surface area contributed by atoms with Crippen LogP contribution in [0.2, 0.25) is 0 Å². The van der Waals surface area contributed by atoms with Crippen LogP contribution < -0.4 is 0 Å². The first-order valence-electron chi connectivity index (χ1n) is 4.78. The van der Waals surface area contributed by atoms with Crippen LogP contribution in [-0.2, 0) is 5.41 Å². The number of benzene rings is 1. The van der Waals surface area contributed by atoms with Crippen molar-refractivity contribution in [3.63, 3.8) is 0 Å². The van der Waals surface area contributed by atoms with Gasteiger partial charge in [-0.05, 0) is 23.5 Å². The highest BCUT2D eigenvalue weighted by Crippen LogP contribution is 2.26. The minimum atomic E-state index is 0.232. The Labute approximate surface area is 81.3 Å². The maximum atomic E-state index is 2.25. The van der Waals surface area contributed by atoms with Gasteiger partial charge in [-0.1, -0.05) is 57.2 Å². The Morgan fingerprint density at radius 3 is 2.23 bits per heavy atom. The third-order valence-corrected chi connectivity index (χ3v) is 2.12. The van der Waals surface area contributed by atoms with Gasteiger partial charge in [-0.15, -0.1) is 0 Å². The molecule has 0 aromatic heterocycles. The zero-order chi connectivity index (χ0) is 9.90. The Morgan fingerprint density at radius 1 is 1.08 bits per heavy atom. The predicted molar refractivity (Wildman–Crippen MR) is 59.9 cm³/mol. The largest absolute Gasteiger partial charge is 0.0871 e. The first-order chi connectivity index (χ1) is 6.05. The molecule has 0 bridgehead atoms. The first kappa shape index (κ1) is 10.0. The maximum absolute atomic E-state index is 2.25. The second kappa shape index (κ2) is 3.78. The normalized spacial score (nSPS) is 12.3. The van der Waals surface area contributed by atoms with E-state index in [2.05, 4.69) is 64.1 Å². The van der Waals surface area contributed by atoms with E-state index in [0.717, 1.165) is 0 Å². The van der Waals surface area contributed by atoms with Crippen LogP contribution in [-0.4, -0.2) is 0 Å². The van der Waals surface area contributed by atoms with Crippen molar-refractivity contribution in [2.75, 3.05) is 0 Å². The van der Waals surface area contributed by atoms with E-state index in [1.807, 2.05) is 0 Å². The molecule has 0 radical (unpaired) electrons. The fourth-order valence-electron chi connectivity index (χ4n) is 1.50. The summed E-state index contributed by atoms with van der Waals surface area (Å²) in [6.07, 6.45) is 4.26. The number of hydrogen-bond donors (Lipinski definition) is 0. The Kier molecular flexibility index (Phi) is 2.92. The molecular formula is C13H18. The van der Waals surface area contributed by atoms with Crippen molar-refractivity contribution in [1.82, 2.24) is 0 Å². The zero-order valence-corrected chi connectivity index (χ0v) is 8.96. The van der Waals surface area contributed by atoms with E-state index in [0.29, 0.717) is 0 Å². The molecule has 0 heterocycles. The summed E-state index contributed by atoms with van der Waals surface area (Å²) in [6.45, 7) is 8.79. The van der Waals surface area contributed by atoms with Crippen LogP contribution in [0.15, 0.2) is 30.3 Å². The Hall–Kier alpha value is -1.04. The Morgan fingerprint density at radius 2 is 1.69 bits per heavy atom. The summed E-state index contributed by atoms with van der Waals surface area (Å²) in [5.41, 5.74) is 2.97. The fraction of sp³-hybridized carbons (Fsp3) is 0.385. The molecule has 0 nitrogen and oxygen atoms in total. The molecule has 1 aromatic carbocycles. The van der Waals surface area contributed by atoms with Gasteiger partial charge in [-0.3, -0.25) is 0 Å². The molecule has 0 heteroatoms. The molecule has 0 unspecified atom stereocenters. The van der Waals surface area contributed by atoms with Gasteiger partial charge in [0.15, 0.2) is 0 Å². The monoisotopic (exact) mass is 174 g/mol. The van der Waals surface area contributed by atoms with Crippen LogP contribution in [0.5, 0.6) is 0 Å². The van der Waals surface area contributed by atoms with Crippen molar-refractivity contribution in [1.29, 1.82) is 0 Å². The molecule has 13 heavy (non-hydrogen) atoms. The first-order valence-corrected chi connectivity index (χ1v) is 4.78. The highest BCUT2D eigenvalue weighted by molar-refractivity contribution is 5.55. The van der Waals surface area contributed by atoms with Gasteiger partial charge in [-0.2, -0.15) is 0 Å². The molecule has 1 rings (SSSR count). The summed E-state index contributed by atoms with van der Waals surface area (Å²) >= 11 is 0. The molecule has 1 aromatic rings. The molecule has 0 atom stereocenters. The number of allylic oxidation sites excluding steroid dienone is 1. The lowest BCUT2D eigenvalue weighted by atomic mass is 9.84. The van der Waals surface area contributed by atoms with Crippen molar-refractivity contribution in [3.8, 4) is 0 Å². The Bertz CT molecular complexity index is 300. The minimum Gasteiger partial charge on any atom is -0.0871 e. The van der Waals surface area contributed by atoms with Crippen LogP contribution in [0.1, 0.15) is 38.8 Å². The highest BCUT2D eigenvalue weighted by Gasteiger charge is 2.15. The van der Waals surface area contributed by atoms with Crippen molar-refractivity contribution in [2.45, 2.75) is 33.1 Å². The quantitative estimate of drug-likeness (QED) is 0.603. The molecular weight excluding hydrogens is 156 g/mol. The van der Waals surface area contributed by atoms with E-state index in [1.54, 1.807) is 0 Å². The summed E-state index contributed by atoms with van der Waals surface area (Å²) < 4.78 is 0. The minimum absolute atomic E-state index is 0.232. The van der Waals surface area contributed by atoms with Crippen molar-refractivity contribution in [2.24, 2.45) is 0 Å². The second-order valence-corrected chi connectivity index (χ2v) is 4.34. The lowest BCUT2D eigenvalue weighted by Crippen LogP contribution is -2.12. The van der Waals surface area contributed by atoms with Crippen molar-refractivity contribution >= 4 is 6.08 Å². The van der Waals surface area contributed by atoms with Gasteiger partial charge in [0.2, 0.25) is 0 Å². The molecule has 0 aliphatic rings. The topological polar surface area (TPSA) is 0 Å². The van der Waals surface area contributed by atoms with Gasteiger partial charge >= 0.3 is 0 Å². The molecule has 70 valence electrons. The highest BCUT2D eigenvalue weighted by atomic mass is 14.2. The summed E-state index contributed by atoms with van der Waals surface area (Å²) in [6, 6.07) is 8.56. The van der Waals surface area contributed by atoms with Gasteiger partial charge in [0, 0.05) is 0 Å². The summed E-state index contributed by atoms with van der Waals surface area (Å²) in [5.74, 6) is 0. The molecule has 0 spiro atoms. The summed E-state index contributed by atoms with van der Waals surface area (Å²) in [7, 11) is 0. The average Bonchev–Trinajstić information content (AvgIpc) is 2.04. The lowest BCUT2D eigenvalue weighted by Gasteiger charge is -2.21. The van der Waals surface area contributed by atoms with Crippen LogP contribution in [0.3, 0.4) is 0 Å². The van der Waals surface area contributed by atoms with Crippen molar-refractivity contribution in [3.05, 3.63) is 41.5 Å². The van der Waals surface area contributed by atoms with Gasteiger partial charge in [-0.25, -0.2) is 0 Å². The third kappa shape index (κ3) is 2.45. The second-order valence-electron chi connectivity index (χ2n) is 4.34. The molecule has 0 saturated heterocycles. The number of hydrogen-bond acceptors (Lipinski definition) is 0. The molecule has 0 saturated carbocycles. The van der Waals surface area contributed by atoms with E-state index in [1.165, 1.54) is 11.1 Å². The SMILES string of the molecule is CC=Cc1ccccc1C(C)(C)C. The van der Waals surface area contributed by atoms with E-state index in [9.17, 15) is 0 Å².